The number of aryl methyl sites for hydroxylation is 1. The van der Waals surface area contributed by atoms with Crippen molar-refractivity contribution in [1.29, 1.82) is 5.26 Å². The molecule has 0 amide bonds. The molecule has 1 unspecified atom stereocenters. The minimum absolute atomic E-state index is 0.0328. The van der Waals surface area contributed by atoms with Gasteiger partial charge in [0.1, 0.15) is 17.3 Å². The van der Waals surface area contributed by atoms with Crippen LogP contribution in [0.5, 0.6) is 0 Å². The lowest BCUT2D eigenvalue weighted by Crippen LogP contribution is -2.59. The summed E-state index contributed by atoms with van der Waals surface area (Å²) in [7, 11) is 2.88. The molecule has 3 atom stereocenters. The number of benzene rings is 1. The number of fused-ring (bicyclic) bond motifs is 1. The zero-order valence-corrected chi connectivity index (χ0v) is 22.8. The van der Waals surface area contributed by atoms with Gasteiger partial charge in [0.05, 0.1) is 24.6 Å². The Balaban J connectivity index is 1.77. The minimum Gasteiger partial charge on any atom is -0.469 e. The SMILES string of the molecule is CC[C@H]1CN(C(CC(=O)OC)c2ccc(C(F)(F)F)cc2)[C@H](CC)CN1c1nc(=O)n(C)c2ccc(C#N)nc12. The van der Waals surface area contributed by atoms with E-state index in [0.717, 1.165) is 12.1 Å². The standard InChI is InChI=1S/C28H31F3N6O3/c1-5-20-16-37(26-25-22(35(3)27(39)34-26)12-11-19(14-32)33-25)21(6-2)15-36(20)23(13-24(38)40-4)17-7-9-18(10-8-17)28(29,30)31/h7-12,20-21,23H,5-6,13,15-16H2,1-4H3/t20-,21+,23?/m1/s1. The maximum absolute atomic E-state index is 13.2. The lowest BCUT2D eigenvalue weighted by molar-refractivity contribution is -0.142. The van der Waals surface area contributed by atoms with Crippen molar-refractivity contribution < 1.29 is 22.7 Å². The number of hydrogen-bond donors (Lipinski definition) is 0. The summed E-state index contributed by atoms with van der Waals surface area (Å²) < 4.78 is 46.0. The molecule has 4 rings (SSSR count). The number of piperazine rings is 1. The number of carbonyl (C=O) groups excluding carboxylic acids is 1. The molecule has 3 aromatic rings. The molecule has 0 aliphatic carbocycles. The van der Waals surface area contributed by atoms with Crippen LogP contribution >= 0.6 is 0 Å². The monoisotopic (exact) mass is 556 g/mol. The lowest BCUT2D eigenvalue weighted by atomic mass is 9.94. The zero-order valence-electron chi connectivity index (χ0n) is 22.8. The summed E-state index contributed by atoms with van der Waals surface area (Å²) in [5.74, 6) is -0.0816. The van der Waals surface area contributed by atoms with Gasteiger partial charge in [-0.2, -0.15) is 23.4 Å². The highest BCUT2D eigenvalue weighted by Crippen LogP contribution is 2.36. The van der Waals surface area contributed by atoms with Crippen molar-refractivity contribution in [2.75, 3.05) is 25.1 Å². The summed E-state index contributed by atoms with van der Waals surface area (Å²) in [6, 6.07) is 9.34. The largest absolute Gasteiger partial charge is 0.469 e. The van der Waals surface area contributed by atoms with Crippen LogP contribution in [0.25, 0.3) is 11.0 Å². The van der Waals surface area contributed by atoms with Crippen molar-refractivity contribution >= 4 is 22.8 Å². The van der Waals surface area contributed by atoms with Gasteiger partial charge >= 0.3 is 17.8 Å². The van der Waals surface area contributed by atoms with Gasteiger partial charge < -0.3 is 9.64 Å². The summed E-state index contributed by atoms with van der Waals surface area (Å²) in [4.78, 5) is 38.3. The maximum Gasteiger partial charge on any atom is 0.416 e. The highest BCUT2D eigenvalue weighted by Gasteiger charge is 2.39. The van der Waals surface area contributed by atoms with E-state index in [1.807, 2.05) is 24.8 Å². The highest BCUT2D eigenvalue weighted by atomic mass is 19.4. The van der Waals surface area contributed by atoms with Gasteiger partial charge in [0.25, 0.3) is 0 Å². The van der Waals surface area contributed by atoms with Gasteiger partial charge in [-0.3, -0.25) is 14.3 Å². The molecule has 1 aliphatic heterocycles. The number of hydrogen-bond acceptors (Lipinski definition) is 8. The van der Waals surface area contributed by atoms with Crippen LogP contribution in [0.1, 0.15) is 56.0 Å². The van der Waals surface area contributed by atoms with Crippen molar-refractivity contribution in [2.24, 2.45) is 7.05 Å². The van der Waals surface area contributed by atoms with E-state index in [1.165, 1.54) is 23.8 Å². The molecular weight excluding hydrogens is 525 g/mol. The smallest absolute Gasteiger partial charge is 0.416 e. The Bertz CT molecular complexity index is 1480. The number of aromatic nitrogens is 3. The van der Waals surface area contributed by atoms with Gasteiger partial charge in [0.2, 0.25) is 0 Å². The summed E-state index contributed by atoms with van der Waals surface area (Å²) in [6.45, 7) is 4.87. The first-order chi connectivity index (χ1) is 19.0. The lowest BCUT2D eigenvalue weighted by Gasteiger charge is -2.49. The van der Waals surface area contributed by atoms with Crippen molar-refractivity contribution in [2.45, 2.75) is 57.4 Å². The molecule has 1 aromatic carbocycles. The van der Waals surface area contributed by atoms with Crippen LogP contribution < -0.4 is 10.6 Å². The van der Waals surface area contributed by atoms with E-state index in [9.17, 15) is 28.0 Å². The molecule has 9 nitrogen and oxygen atoms in total. The molecule has 0 saturated carbocycles. The predicted octanol–water partition coefficient (Wildman–Crippen LogP) is 4.20. The van der Waals surface area contributed by atoms with E-state index in [2.05, 4.69) is 14.9 Å². The Morgan fingerprint density at radius 3 is 2.35 bits per heavy atom. The van der Waals surface area contributed by atoms with Gasteiger partial charge in [0, 0.05) is 38.3 Å². The van der Waals surface area contributed by atoms with Crippen LogP contribution in [0.4, 0.5) is 19.0 Å². The van der Waals surface area contributed by atoms with Crippen molar-refractivity contribution in [1.82, 2.24) is 19.4 Å². The second-order valence-corrected chi connectivity index (χ2v) is 9.84. The molecule has 1 aliphatic rings. The van der Waals surface area contributed by atoms with Gasteiger partial charge in [-0.15, -0.1) is 0 Å². The number of rotatable bonds is 7. The predicted molar refractivity (Wildman–Crippen MR) is 143 cm³/mol. The van der Waals surface area contributed by atoms with Crippen LogP contribution in [-0.4, -0.2) is 57.7 Å². The fraction of sp³-hybridized carbons (Fsp3) is 0.464. The third kappa shape index (κ3) is 5.65. The molecule has 2 aromatic heterocycles. The number of ether oxygens (including phenoxy) is 1. The minimum atomic E-state index is -4.47. The third-order valence-corrected chi connectivity index (χ3v) is 7.61. The quantitative estimate of drug-likeness (QED) is 0.399. The van der Waals surface area contributed by atoms with Gasteiger partial charge in [-0.1, -0.05) is 26.0 Å². The number of esters is 1. The highest BCUT2D eigenvalue weighted by molar-refractivity contribution is 5.86. The molecule has 3 heterocycles. The molecule has 0 spiro atoms. The molecule has 1 saturated heterocycles. The van der Waals surface area contributed by atoms with Crippen molar-refractivity contribution in [3.63, 3.8) is 0 Å². The normalized spacial score (nSPS) is 18.9. The number of nitrogens with zero attached hydrogens (tertiary/aromatic N) is 6. The number of carbonyl (C=O) groups is 1. The Morgan fingerprint density at radius 2 is 1.77 bits per heavy atom. The number of alkyl halides is 3. The van der Waals surface area contributed by atoms with Crippen LogP contribution in [0.3, 0.4) is 0 Å². The van der Waals surface area contributed by atoms with Crippen molar-refractivity contribution in [3.8, 4) is 6.07 Å². The van der Waals surface area contributed by atoms with Crippen molar-refractivity contribution in [3.05, 3.63) is 63.7 Å². The number of halogens is 3. The molecule has 40 heavy (non-hydrogen) atoms. The van der Waals surface area contributed by atoms with Gasteiger partial charge in [0.15, 0.2) is 5.82 Å². The topological polar surface area (TPSA) is 104 Å². The summed E-state index contributed by atoms with van der Waals surface area (Å²) in [6.07, 6.45) is -3.19. The zero-order chi connectivity index (χ0) is 29.2. The Hall–Kier alpha value is -3.98. The molecule has 1 fully saturated rings. The third-order valence-electron chi connectivity index (χ3n) is 7.61. The first kappa shape index (κ1) is 29.0. The molecule has 12 heteroatoms. The fourth-order valence-corrected chi connectivity index (χ4v) is 5.36. The number of anilines is 1. The molecule has 0 bridgehead atoms. The molecule has 212 valence electrons. The molecule has 0 N–H and O–H groups in total. The first-order valence-corrected chi connectivity index (χ1v) is 13.1. The fourth-order valence-electron chi connectivity index (χ4n) is 5.36. The Morgan fingerprint density at radius 1 is 1.10 bits per heavy atom. The summed E-state index contributed by atoms with van der Waals surface area (Å²) in [5, 5.41) is 9.44. The second-order valence-electron chi connectivity index (χ2n) is 9.84. The van der Waals surface area contributed by atoms with Crippen LogP contribution in [-0.2, 0) is 22.8 Å². The first-order valence-electron chi connectivity index (χ1n) is 13.1. The molecular formula is C28H31F3N6O3. The van der Waals surface area contributed by atoms with E-state index < -0.39 is 29.4 Å². The van der Waals surface area contributed by atoms with E-state index in [4.69, 9.17) is 4.74 Å². The summed E-state index contributed by atoms with van der Waals surface area (Å²) in [5.41, 5.74) is 0.562. The van der Waals surface area contributed by atoms with E-state index in [0.29, 0.717) is 48.3 Å². The maximum atomic E-state index is 13.2. The van der Waals surface area contributed by atoms with Gasteiger partial charge in [-0.25, -0.2) is 9.78 Å². The number of nitriles is 1. The van der Waals surface area contributed by atoms with E-state index in [-0.39, 0.29) is 24.2 Å². The Kier molecular flexibility index (Phi) is 8.44. The van der Waals surface area contributed by atoms with E-state index >= 15 is 0 Å². The van der Waals surface area contributed by atoms with Crippen LogP contribution in [0.2, 0.25) is 0 Å². The number of pyridine rings is 1. The average Bonchev–Trinajstić information content (AvgIpc) is 2.96. The Labute approximate surface area is 229 Å². The van der Waals surface area contributed by atoms with Crippen LogP contribution in [0.15, 0.2) is 41.2 Å². The summed E-state index contributed by atoms with van der Waals surface area (Å²) >= 11 is 0. The number of methoxy groups -OCH3 is 1. The van der Waals surface area contributed by atoms with Crippen LogP contribution in [0, 0.1) is 11.3 Å². The molecule has 0 radical (unpaired) electrons. The second kappa shape index (κ2) is 11.6. The van der Waals surface area contributed by atoms with Gasteiger partial charge in [-0.05, 0) is 42.7 Å². The average molecular weight is 557 g/mol. The van der Waals surface area contributed by atoms with E-state index in [1.54, 1.807) is 19.2 Å².